The first-order chi connectivity index (χ1) is 10.2. The molecule has 118 valence electrons. The molecule has 0 saturated heterocycles. The largest absolute Gasteiger partial charge is 0.398 e. The minimum absolute atomic E-state index is 0.00211. The van der Waals surface area contributed by atoms with Crippen molar-refractivity contribution in [2.75, 3.05) is 25.5 Å². The molecular weight excluding hydrogens is 332 g/mol. The first-order valence-corrected chi connectivity index (χ1v) is 8.48. The third-order valence-electron chi connectivity index (χ3n) is 4.23. The molecule has 1 aliphatic carbocycles. The summed E-state index contributed by atoms with van der Waals surface area (Å²) in [6.07, 6.45) is 6.06. The molecule has 1 atom stereocenters. The Hall–Kier alpha value is -0.620. The number of ether oxygens (including phenoxy) is 1. The molecule has 0 spiro atoms. The fourth-order valence-electron chi connectivity index (χ4n) is 3.09. The van der Waals surface area contributed by atoms with Crippen molar-refractivity contribution < 1.29 is 9.84 Å². The van der Waals surface area contributed by atoms with E-state index in [2.05, 4.69) is 22.0 Å². The number of halogens is 1. The minimum atomic E-state index is -0.198. The predicted octanol–water partition coefficient (Wildman–Crippen LogP) is 3.09. The van der Waals surface area contributed by atoms with E-state index < -0.39 is 0 Å². The van der Waals surface area contributed by atoms with Gasteiger partial charge in [0.25, 0.3) is 0 Å². The van der Waals surface area contributed by atoms with Gasteiger partial charge in [-0.3, -0.25) is 0 Å². The Balaban J connectivity index is 2.27. The molecule has 0 aliphatic heterocycles. The molecule has 0 radical (unpaired) electrons. The van der Waals surface area contributed by atoms with Crippen molar-refractivity contribution in [1.29, 1.82) is 0 Å². The van der Waals surface area contributed by atoms with Crippen LogP contribution >= 0.6 is 15.9 Å². The summed E-state index contributed by atoms with van der Waals surface area (Å²) in [5.41, 5.74) is 15.2. The summed E-state index contributed by atoms with van der Waals surface area (Å²) in [5.74, 6) is 0.534. The molecule has 1 saturated carbocycles. The second-order valence-corrected chi connectivity index (χ2v) is 6.51. The number of benzene rings is 1. The molecule has 0 bridgehead atoms. The molecule has 5 heteroatoms. The number of anilines is 1. The number of aliphatic hydroxyl groups is 1. The van der Waals surface area contributed by atoms with Gasteiger partial charge in [-0.15, -0.1) is 0 Å². The van der Waals surface area contributed by atoms with Gasteiger partial charge in [0.2, 0.25) is 0 Å². The van der Waals surface area contributed by atoms with Crippen molar-refractivity contribution >= 4 is 21.6 Å². The number of rotatable bonds is 6. The fourth-order valence-corrected chi connectivity index (χ4v) is 3.59. The lowest BCUT2D eigenvalue weighted by atomic mass is 9.82. The molecule has 1 aromatic carbocycles. The maximum Gasteiger partial charge on any atom is 0.0948 e. The summed E-state index contributed by atoms with van der Waals surface area (Å²) >= 11 is 3.56. The summed E-state index contributed by atoms with van der Waals surface area (Å²) in [4.78, 5) is 0. The molecule has 0 amide bonds. The number of hydrogen-bond donors (Lipinski definition) is 3. The van der Waals surface area contributed by atoms with E-state index in [-0.39, 0.29) is 12.7 Å². The Morgan fingerprint density at radius 2 is 2.00 bits per heavy atom. The molecule has 0 heterocycles. The lowest BCUT2D eigenvalue weighted by Gasteiger charge is -2.26. The van der Waals surface area contributed by atoms with E-state index in [1.54, 1.807) is 0 Å². The normalized spacial score (nSPS) is 17.9. The third-order valence-corrected chi connectivity index (χ3v) is 4.88. The molecule has 1 aliphatic rings. The van der Waals surface area contributed by atoms with E-state index in [4.69, 9.17) is 21.3 Å². The smallest absolute Gasteiger partial charge is 0.0948 e. The highest BCUT2D eigenvalue weighted by Gasteiger charge is 2.21. The first kappa shape index (κ1) is 16.7. The highest BCUT2D eigenvalue weighted by atomic mass is 79.9. The maximum atomic E-state index is 8.92. The predicted molar refractivity (Wildman–Crippen MR) is 89.2 cm³/mol. The average Bonchev–Trinajstić information content (AvgIpc) is 2.52. The van der Waals surface area contributed by atoms with Gasteiger partial charge in [-0.05, 0) is 51.9 Å². The number of hydrogen-bond acceptors (Lipinski definition) is 4. The quantitative estimate of drug-likeness (QED) is 0.684. The lowest BCUT2D eigenvalue weighted by Crippen LogP contribution is -2.18. The third kappa shape index (κ3) is 4.19. The summed E-state index contributed by atoms with van der Waals surface area (Å²) in [7, 11) is 0. The second-order valence-electron chi connectivity index (χ2n) is 5.66. The van der Waals surface area contributed by atoms with Gasteiger partial charge in [0.1, 0.15) is 0 Å². The molecule has 4 nitrogen and oxygen atoms in total. The van der Waals surface area contributed by atoms with Crippen LogP contribution in [-0.2, 0) is 4.74 Å². The van der Waals surface area contributed by atoms with Crippen LogP contribution in [0.1, 0.15) is 55.3 Å². The van der Waals surface area contributed by atoms with E-state index in [1.807, 2.05) is 6.07 Å². The molecular formula is C16H25BrN2O2. The average molecular weight is 357 g/mol. The number of aliphatic hydroxyl groups excluding tert-OH is 1. The molecule has 0 aromatic heterocycles. The first-order valence-electron chi connectivity index (χ1n) is 7.68. The van der Waals surface area contributed by atoms with Gasteiger partial charge in [-0.2, -0.15) is 0 Å². The van der Waals surface area contributed by atoms with Crippen molar-refractivity contribution in [3.05, 3.63) is 27.7 Å². The van der Waals surface area contributed by atoms with Crippen LogP contribution in [0.2, 0.25) is 0 Å². The fraction of sp³-hybridized carbons (Fsp3) is 0.625. The Morgan fingerprint density at radius 3 is 2.62 bits per heavy atom. The van der Waals surface area contributed by atoms with Crippen molar-refractivity contribution in [1.82, 2.24) is 0 Å². The maximum absolute atomic E-state index is 8.92. The zero-order chi connectivity index (χ0) is 15.2. The number of nitrogen functional groups attached to an aromatic ring is 1. The lowest BCUT2D eigenvalue weighted by molar-refractivity contribution is 0.0328. The van der Waals surface area contributed by atoms with Crippen LogP contribution in [0.5, 0.6) is 0 Å². The van der Waals surface area contributed by atoms with Gasteiger partial charge in [0.05, 0.1) is 19.3 Å². The van der Waals surface area contributed by atoms with Crippen LogP contribution in [-0.4, -0.2) is 24.9 Å². The Bertz CT molecular complexity index is 462. The SMILES string of the molecule is NCC(OCCO)c1cc(Br)c(N)c(C2CCCCC2)c1. The van der Waals surface area contributed by atoms with Crippen molar-refractivity contribution in [2.24, 2.45) is 5.73 Å². The highest BCUT2D eigenvalue weighted by Crippen LogP contribution is 2.39. The van der Waals surface area contributed by atoms with Gasteiger partial charge in [0.15, 0.2) is 0 Å². The molecule has 1 aromatic rings. The summed E-state index contributed by atoms with van der Waals surface area (Å²) in [6, 6.07) is 4.13. The molecule has 5 N–H and O–H groups in total. The van der Waals surface area contributed by atoms with Crippen LogP contribution in [0.4, 0.5) is 5.69 Å². The topological polar surface area (TPSA) is 81.5 Å². The van der Waals surface area contributed by atoms with Gasteiger partial charge >= 0.3 is 0 Å². The Labute approximate surface area is 135 Å². The van der Waals surface area contributed by atoms with Crippen LogP contribution < -0.4 is 11.5 Å². The van der Waals surface area contributed by atoms with Crippen LogP contribution in [0.25, 0.3) is 0 Å². The van der Waals surface area contributed by atoms with Gasteiger partial charge in [-0.1, -0.05) is 25.3 Å². The molecule has 2 rings (SSSR count). The Morgan fingerprint density at radius 1 is 1.29 bits per heavy atom. The van der Waals surface area contributed by atoms with Gasteiger partial charge in [-0.25, -0.2) is 0 Å². The Kier molecular flexibility index (Phi) is 6.48. The zero-order valence-electron chi connectivity index (χ0n) is 12.4. The number of nitrogens with two attached hydrogens (primary N) is 2. The van der Waals surface area contributed by atoms with E-state index in [1.165, 1.54) is 37.7 Å². The highest BCUT2D eigenvalue weighted by molar-refractivity contribution is 9.10. The van der Waals surface area contributed by atoms with Crippen molar-refractivity contribution in [2.45, 2.75) is 44.1 Å². The summed E-state index contributed by atoms with van der Waals surface area (Å²) in [6.45, 7) is 0.686. The molecule has 1 fully saturated rings. The second kappa shape index (κ2) is 8.13. The van der Waals surface area contributed by atoms with Crippen LogP contribution in [0, 0.1) is 0 Å². The molecule has 21 heavy (non-hydrogen) atoms. The standard InChI is InChI=1S/C16H25BrN2O2/c17-14-9-12(15(10-18)21-7-6-20)8-13(16(14)19)11-4-2-1-3-5-11/h8-9,11,15,20H,1-7,10,18-19H2. The zero-order valence-corrected chi connectivity index (χ0v) is 13.9. The van der Waals surface area contributed by atoms with Crippen molar-refractivity contribution in [3.8, 4) is 0 Å². The van der Waals surface area contributed by atoms with E-state index >= 15 is 0 Å². The summed E-state index contributed by atoms with van der Waals surface area (Å²) in [5, 5.41) is 8.92. The van der Waals surface area contributed by atoms with Crippen LogP contribution in [0.3, 0.4) is 0 Å². The van der Waals surface area contributed by atoms with Crippen LogP contribution in [0.15, 0.2) is 16.6 Å². The monoisotopic (exact) mass is 356 g/mol. The van der Waals surface area contributed by atoms with E-state index in [9.17, 15) is 0 Å². The molecule has 1 unspecified atom stereocenters. The van der Waals surface area contributed by atoms with Gasteiger partial charge in [0, 0.05) is 16.7 Å². The van der Waals surface area contributed by atoms with E-state index in [0.29, 0.717) is 19.1 Å². The summed E-state index contributed by atoms with van der Waals surface area (Å²) < 4.78 is 6.54. The van der Waals surface area contributed by atoms with Crippen molar-refractivity contribution in [3.63, 3.8) is 0 Å². The van der Waals surface area contributed by atoms with Gasteiger partial charge < -0.3 is 21.3 Å². The minimum Gasteiger partial charge on any atom is -0.398 e. The van der Waals surface area contributed by atoms with E-state index in [0.717, 1.165) is 15.7 Å².